The number of aryl methyl sites for hydroxylation is 1. The molecule has 0 fully saturated rings. The third kappa shape index (κ3) is 5.41. The minimum absolute atomic E-state index is 0.0203. The van der Waals surface area contributed by atoms with Gasteiger partial charge in [0.2, 0.25) is 5.91 Å². The summed E-state index contributed by atoms with van der Waals surface area (Å²) in [6, 6.07) is 12.6. The number of nitrogens with two attached hydrogens (primary N) is 1. The molecule has 3 aromatic rings. The molecule has 182 valence electrons. The number of amides is 1. The highest BCUT2D eigenvalue weighted by Crippen LogP contribution is 2.34. The van der Waals surface area contributed by atoms with Crippen molar-refractivity contribution in [2.24, 2.45) is 10.7 Å². The van der Waals surface area contributed by atoms with Gasteiger partial charge >= 0.3 is 0 Å². The van der Waals surface area contributed by atoms with Crippen LogP contribution in [0.25, 0.3) is 5.69 Å². The lowest BCUT2D eigenvalue weighted by atomic mass is 9.99. The monoisotopic (exact) mass is 494 g/mol. The number of rotatable bonds is 9. The Morgan fingerprint density at radius 2 is 1.94 bits per heavy atom. The number of aliphatic imine (C=N–C) groups is 1. The summed E-state index contributed by atoms with van der Waals surface area (Å²) in [5.41, 5.74) is 8.58. The number of aromatic nitrogens is 3. The number of halogens is 1. The Morgan fingerprint density at radius 1 is 1.17 bits per heavy atom. The van der Waals surface area contributed by atoms with Crippen LogP contribution < -0.4 is 15.8 Å². The Hall–Kier alpha value is -3.56. The average Bonchev–Trinajstić information content (AvgIpc) is 3.19. The molecular weight excluding hydrogens is 468 g/mol. The average molecular weight is 495 g/mol. The van der Waals surface area contributed by atoms with Gasteiger partial charge in [-0.25, -0.2) is 0 Å². The van der Waals surface area contributed by atoms with Crippen LogP contribution in [-0.2, 0) is 9.59 Å². The van der Waals surface area contributed by atoms with Crippen molar-refractivity contribution in [3.63, 3.8) is 0 Å². The van der Waals surface area contributed by atoms with Crippen LogP contribution in [-0.4, -0.2) is 52.4 Å². The molecule has 1 aliphatic rings. The molecule has 1 aliphatic heterocycles. The number of hydrogen-bond acceptors (Lipinski definition) is 7. The van der Waals surface area contributed by atoms with Gasteiger partial charge in [-0.15, -0.1) is 10.2 Å². The zero-order chi connectivity index (χ0) is 24.9. The molecule has 3 N–H and O–H groups in total. The number of ketones is 1. The van der Waals surface area contributed by atoms with E-state index in [2.05, 4.69) is 15.5 Å². The molecule has 1 aromatic heterocycles. The predicted octanol–water partition coefficient (Wildman–Crippen LogP) is 2.94. The first-order chi connectivity index (χ1) is 16.9. The molecule has 0 saturated heterocycles. The van der Waals surface area contributed by atoms with Crippen LogP contribution in [0, 0.1) is 6.92 Å². The van der Waals surface area contributed by atoms with Gasteiger partial charge in [0.05, 0.1) is 25.1 Å². The van der Waals surface area contributed by atoms with Crippen molar-refractivity contribution >= 4 is 29.0 Å². The molecular formula is C25H27ClN6O3. The number of ether oxygens (including phenoxy) is 1. The minimum atomic E-state index is -0.536. The molecule has 0 aliphatic carbocycles. The zero-order valence-electron chi connectivity index (χ0n) is 19.6. The first kappa shape index (κ1) is 24.6. The summed E-state index contributed by atoms with van der Waals surface area (Å²) >= 11 is 6.13. The third-order valence-corrected chi connectivity index (χ3v) is 6.06. The van der Waals surface area contributed by atoms with Gasteiger partial charge in [0.15, 0.2) is 5.82 Å². The van der Waals surface area contributed by atoms with E-state index in [0.717, 1.165) is 16.8 Å². The molecule has 0 unspecified atom stereocenters. The van der Waals surface area contributed by atoms with Crippen molar-refractivity contribution in [1.82, 2.24) is 20.1 Å². The summed E-state index contributed by atoms with van der Waals surface area (Å²) < 4.78 is 7.43. The van der Waals surface area contributed by atoms with Crippen LogP contribution in [0.5, 0.6) is 5.75 Å². The second-order valence-corrected chi connectivity index (χ2v) is 8.66. The van der Waals surface area contributed by atoms with E-state index in [4.69, 9.17) is 27.1 Å². The maximum atomic E-state index is 12.9. The number of carbonyl (C=O) groups is 2. The third-order valence-electron chi connectivity index (χ3n) is 5.81. The number of carbonyl (C=O) groups excluding carboxylic acids is 2. The molecule has 10 heteroatoms. The smallest absolute Gasteiger partial charge is 0.233 e. The predicted molar refractivity (Wildman–Crippen MR) is 133 cm³/mol. The molecule has 2 heterocycles. The van der Waals surface area contributed by atoms with E-state index >= 15 is 0 Å². The molecule has 9 nitrogen and oxygen atoms in total. The quantitative estimate of drug-likeness (QED) is 0.441. The van der Waals surface area contributed by atoms with E-state index in [0.29, 0.717) is 47.5 Å². The number of nitrogens with one attached hydrogen (secondary N) is 1. The van der Waals surface area contributed by atoms with Crippen molar-refractivity contribution in [2.45, 2.75) is 32.2 Å². The Morgan fingerprint density at radius 3 is 2.66 bits per heavy atom. The number of fused-ring (bicyclic) bond motifs is 3. The summed E-state index contributed by atoms with van der Waals surface area (Å²) in [5, 5.41) is 12.0. The zero-order valence-corrected chi connectivity index (χ0v) is 20.4. The van der Waals surface area contributed by atoms with Gasteiger partial charge in [-0.05, 0) is 43.7 Å². The standard InChI is InChI=1S/C25H27ClN6O3/c1-15-30-31-25-21(12-18(33)4-3-11-28-23(34)14-27)29-24(16-5-7-17(26)8-6-16)20-13-19(35-2)9-10-22(20)32(15)25/h5-10,13,21H,3-4,11-12,14,27H2,1-2H3,(H,28,34)/t21-/m0/s1. The molecule has 2 aromatic carbocycles. The van der Waals surface area contributed by atoms with Crippen molar-refractivity contribution in [3.05, 3.63) is 70.3 Å². The Kier molecular flexibility index (Phi) is 7.57. The highest BCUT2D eigenvalue weighted by molar-refractivity contribution is 6.30. The highest BCUT2D eigenvalue weighted by Gasteiger charge is 2.29. The minimum Gasteiger partial charge on any atom is -0.497 e. The summed E-state index contributed by atoms with van der Waals surface area (Å²) in [6.07, 6.45) is 0.987. The van der Waals surface area contributed by atoms with Gasteiger partial charge in [-0.2, -0.15) is 0 Å². The molecule has 1 amide bonds. The van der Waals surface area contributed by atoms with Crippen LogP contribution in [0.4, 0.5) is 0 Å². The fourth-order valence-corrected chi connectivity index (χ4v) is 4.21. The van der Waals surface area contributed by atoms with Crippen LogP contribution >= 0.6 is 11.6 Å². The SMILES string of the molecule is COc1ccc2c(c1)C(c1ccc(Cl)cc1)=N[C@@H](CC(=O)CCCNC(=O)CN)c1nnc(C)n1-2. The molecule has 4 rings (SSSR count). The van der Waals surface area contributed by atoms with Crippen LogP contribution in [0.3, 0.4) is 0 Å². The molecule has 0 spiro atoms. The van der Waals surface area contributed by atoms with Crippen LogP contribution in [0.15, 0.2) is 47.5 Å². The normalized spacial score (nSPS) is 14.4. The van der Waals surface area contributed by atoms with Gasteiger partial charge in [-0.3, -0.25) is 19.1 Å². The summed E-state index contributed by atoms with van der Waals surface area (Å²) in [6.45, 7) is 2.20. The second-order valence-electron chi connectivity index (χ2n) is 8.22. The largest absolute Gasteiger partial charge is 0.497 e. The number of hydrogen-bond donors (Lipinski definition) is 2. The van der Waals surface area contributed by atoms with E-state index < -0.39 is 6.04 Å². The highest BCUT2D eigenvalue weighted by atomic mass is 35.5. The Balaban J connectivity index is 1.72. The topological polar surface area (TPSA) is 124 Å². The molecule has 0 radical (unpaired) electrons. The van der Waals surface area contributed by atoms with Crippen molar-refractivity contribution in [2.75, 3.05) is 20.2 Å². The number of methoxy groups -OCH3 is 1. The van der Waals surface area contributed by atoms with E-state index in [-0.39, 0.29) is 24.7 Å². The summed E-state index contributed by atoms with van der Waals surface area (Å²) in [7, 11) is 1.62. The van der Waals surface area contributed by atoms with Gasteiger partial charge < -0.3 is 15.8 Å². The van der Waals surface area contributed by atoms with Crippen LogP contribution in [0.2, 0.25) is 5.02 Å². The maximum Gasteiger partial charge on any atom is 0.233 e. The second kappa shape index (κ2) is 10.8. The first-order valence-electron chi connectivity index (χ1n) is 11.3. The molecule has 35 heavy (non-hydrogen) atoms. The van der Waals surface area contributed by atoms with E-state index in [9.17, 15) is 9.59 Å². The van der Waals surface area contributed by atoms with Gasteiger partial charge in [0, 0.05) is 35.5 Å². The van der Waals surface area contributed by atoms with Gasteiger partial charge in [-0.1, -0.05) is 23.7 Å². The fraction of sp³-hybridized carbons (Fsp3) is 0.320. The molecule has 0 saturated carbocycles. The van der Waals surface area contributed by atoms with Gasteiger partial charge in [0.1, 0.15) is 23.4 Å². The maximum absolute atomic E-state index is 12.9. The molecule has 1 atom stereocenters. The molecule has 0 bridgehead atoms. The fourth-order valence-electron chi connectivity index (χ4n) is 4.08. The lowest BCUT2D eigenvalue weighted by Gasteiger charge is -2.14. The van der Waals surface area contributed by atoms with Crippen LogP contribution in [0.1, 0.15) is 48.1 Å². The lowest BCUT2D eigenvalue weighted by molar-refractivity contribution is -0.121. The number of nitrogens with zero attached hydrogens (tertiary/aromatic N) is 4. The summed E-state index contributed by atoms with van der Waals surface area (Å²) in [4.78, 5) is 29.3. The van der Waals surface area contributed by atoms with Crippen molar-refractivity contribution in [1.29, 1.82) is 0 Å². The van der Waals surface area contributed by atoms with E-state index in [1.165, 1.54) is 0 Å². The first-order valence-corrected chi connectivity index (χ1v) is 11.7. The number of benzene rings is 2. The number of Topliss-reactive ketones (excluding diaryl/α,β-unsaturated/α-hetero) is 1. The van der Waals surface area contributed by atoms with E-state index in [1.807, 2.05) is 54.0 Å². The van der Waals surface area contributed by atoms with Crippen molar-refractivity contribution < 1.29 is 14.3 Å². The lowest BCUT2D eigenvalue weighted by Crippen LogP contribution is -2.31. The van der Waals surface area contributed by atoms with Gasteiger partial charge in [0.25, 0.3) is 0 Å². The van der Waals surface area contributed by atoms with Crippen molar-refractivity contribution in [3.8, 4) is 11.4 Å². The van der Waals surface area contributed by atoms with E-state index in [1.54, 1.807) is 7.11 Å². The summed E-state index contributed by atoms with van der Waals surface area (Å²) in [5.74, 6) is 1.76. The Labute approximate surface area is 208 Å². The Bertz CT molecular complexity index is 1270.